The highest BCUT2D eigenvalue weighted by molar-refractivity contribution is 6.35. The van der Waals surface area contributed by atoms with Gasteiger partial charge in [0.1, 0.15) is 6.04 Å². The maximum atomic E-state index is 11.5. The molecule has 4 nitrogen and oxygen atoms in total. The number of rotatable bonds is 4. The first kappa shape index (κ1) is 15.6. The molecule has 0 saturated carbocycles. The van der Waals surface area contributed by atoms with Crippen molar-refractivity contribution in [3.8, 4) is 0 Å². The van der Waals surface area contributed by atoms with Crippen molar-refractivity contribution in [3.05, 3.63) is 33.8 Å². The molecule has 0 aliphatic carbocycles. The van der Waals surface area contributed by atoms with Gasteiger partial charge in [-0.1, -0.05) is 29.3 Å². The summed E-state index contributed by atoms with van der Waals surface area (Å²) in [5.41, 5.74) is 0.822. The number of aliphatic carboxylic acids is 1. The van der Waals surface area contributed by atoms with Crippen LogP contribution in [0.5, 0.6) is 0 Å². The van der Waals surface area contributed by atoms with Gasteiger partial charge in [0.25, 0.3) is 0 Å². The molecule has 0 unspecified atom stereocenters. The second-order valence-corrected chi connectivity index (χ2v) is 5.98. The topological polar surface area (TPSA) is 43.8 Å². The van der Waals surface area contributed by atoms with Crippen LogP contribution < -0.4 is 0 Å². The van der Waals surface area contributed by atoms with Crippen LogP contribution in [0, 0.1) is 0 Å². The monoisotopic (exact) mass is 316 g/mol. The largest absolute Gasteiger partial charge is 0.480 e. The summed E-state index contributed by atoms with van der Waals surface area (Å²) in [4.78, 5) is 15.7. The molecule has 0 radical (unpaired) electrons. The minimum Gasteiger partial charge on any atom is -0.480 e. The number of carboxylic acid groups (broad SMARTS) is 1. The zero-order valence-electron chi connectivity index (χ0n) is 11.4. The van der Waals surface area contributed by atoms with E-state index in [1.165, 1.54) is 0 Å². The van der Waals surface area contributed by atoms with Crippen LogP contribution in [0.2, 0.25) is 10.0 Å². The van der Waals surface area contributed by atoms with Crippen LogP contribution >= 0.6 is 23.2 Å². The lowest BCUT2D eigenvalue weighted by Gasteiger charge is -2.36. The molecule has 110 valence electrons. The number of carbonyl (C=O) groups is 1. The molecule has 1 aliphatic heterocycles. The molecule has 1 aromatic rings. The third-order valence-corrected chi connectivity index (χ3v) is 4.28. The zero-order valence-corrected chi connectivity index (χ0v) is 12.9. The Morgan fingerprint density at radius 2 is 1.95 bits per heavy atom. The number of hydrogen-bond acceptors (Lipinski definition) is 3. The highest BCUT2D eigenvalue weighted by Crippen LogP contribution is 2.23. The van der Waals surface area contributed by atoms with E-state index in [1.807, 2.05) is 11.9 Å². The Balaban J connectivity index is 2.11. The summed E-state index contributed by atoms with van der Waals surface area (Å²) in [6, 6.07) is 4.66. The number of carboxylic acids is 1. The molecule has 1 aromatic carbocycles. The maximum absolute atomic E-state index is 11.5. The average Bonchev–Trinajstić information content (AvgIpc) is 2.39. The zero-order chi connectivity index (χ0) is 14.7. The lowest BCUT2D eigenvalue weighted by atomic mass is 10.0. The Bertz CT molecular complexity index is 488. The summed E-state index contributed by atoms with van der Waals surface area (Å²) >= 11 is 12.0. The molecule has 1 atom stereocenters. The van der Waals surface area contributed by atoms with Crippen molar-refractivity contribution in [1.82, 2.24) is 9.80 Å². The number of nitrogens with zero attached hydrogens (tertiary/aromatic N) is 2. The standard InChI is InChI=1S/C14H18Cl2N2O2/c1-17-4-6-18(7-5-17)13(14(19)20)8-10-2-3-11(15)9-12(10)16/h2-3,9,13H,4-8H2,1H3,(H,19,20)/t13-/m1/s1. The van der Waals surface area contributed by atoms with E-state index in [0.29, 0.717) is 16.5 Å². The fourth-order valence-corrected chi connectivity index (χ4v) is 2.89. The maximum Gasteiger partial charge on any atom is 0.321 e. The molecule has 1 N–H and O–H groups in total. The minimum absolute atomic E-state index is 0.398. The number of piperazine rings is 1. The van der Waals surface area contributed by atoms with Gasteiger partial charge in [0.05, 0.1) is 0 Å². The SMILES string of the molecule is CN1CCN([C@H](Cc2ccc(Cl)cc2Cl)C(=O)O)CC1. The molecule has 6 heteroatoms. The predicted molar refractivity (Wildman–Crippen MR) is 80.7 cm³/mol. The van der Waals surface area contributed by atoms with Gasteiger partial charge in [0.2, 0.25) is 0 Å². The predicted octanol–water partition coefficient (Wildman–Crippen LogP) is 2.24. The van der Waals surface area contributed by atoms with Gasteiger partial charge < -0.3 is 10.0 Å². The molecule has 1 saturated heterocycles. The first-order valence-corrected chi connectivity index (χ1v) is 7.32. The van der Waals surface area contributed by atoms with Gasteiger partial charge in [0.15, 0.2) is 0 Å². The highest BCUT2D eigenvalue weighted by Gasteiger charge is 2.28. The van der Waals surface area contributed by atoms with Crippen LogP contribution in [0.3, 0.4) is 0 Å². The second-order valence-electron chi connectivity index (χ2n) is 5.13. The van der Waals surface area contributed by atoms with Crippen LogP contribution in [0.1, 0.15) is 5.56 Å². The van der Waals surface area contributed by atoms with Gasteiger partial charge in [-0.05, 0) is 24.7 Å². The molecule has 0 amide bonds. The van der Waals surface area contributed by atoms with Crippen molar-refractivity contribution in [2.75, 3.05) is 33.2 Å². The quantitative estimate of drug-likeness (QED) is 0.925. The molecule has 1 heterocycles. The third-order valence-electron chi connectivity index (χ3n) is 3.69. The van der Waals surface area contributed by atoms with Crippen molar-refractivity contribution < 1.29 is 9.90 Å². The summed E-state index contributed by atoms with van der Waals surface area (Å²) in [5, 5.41) is 10.6. The van der Waals surface area contributed by atoms with Crippen LogP contribution in [0.25, 0.3) is 0 Å². The molecule has 2 rings (SSSR count). The van der Waals surface area contributed by atoms with Crippen molar-refractivity contribution in [2.24, 2.45) is 0 Å². The van der Waals surface area contributed by atoms with Crippen molar-refractivity contribution in [1.29, 1.82) is 0 Å². The number of benzene rings is 1. The van der Waals surface area contributed by atoms with Crippen LogP contribution in [-0.4, -0.2) is 60.1 Å². The minimum atomic E-state index is -0.805. The Hall–Kier alpha value is -0.810. The summed E-state index contributed by atoms with van der Waals surface area (Å²) < 4.78 is 0. The third kappa shape index (κ3) is 3.85. The molecule has 1 fully saturated rings. The first-order valence-electron chi connectivity index (χ1n) is 6.56. The van der Waals surface area contributed by atoms with Gasteiger partial charge >= 0.3 is 5.97 Å². The summed E-state index contributed by atoms with van der Waals surface area (Å²) in [6.45, 7) is 3.30. The van der Waals surface area contributed by atoms with Crippen molar-refractivity contribution >= 4 is 29.2 Å². The molecular weight excluding hydrogens is 299 g/mol. The average molecular weight is 317 g/mol. The smallest absolute Gasteiger partial charge is 0.321 e. The second kappa shape index (κ2) is 6.76. The molecule has 20 heavy (non-hydrogen) atoms. The van der Waals surface area contributed by atoms with Gasteiger partial charge in [-0.3, -0.25) is 9.69 Å². The fraction of sp³-hybridized carbons (Fsp3) is 0.500. The molecule has 1 aliphatic rings. The van der Waals surface area contributed by atoms with Gasteiger partial charge in [-0.25, -0.2) is 0 Å². The van der Waals surface area contributed by atoms with Gasteiger partial charge in [0, 0.05) is 42.6 Å². The van der Waals surface area contributed by atoms with E-state index >= 15 is 0 Å². The van der Waals surface area contributed by atoms with Crippen molar-refractivity contribution in [3.63, 3.8) is 0 Å². The number of hydrogen-bond donors (Lipinski definition) is 1. The van der Waals surface area contributed by atoms with Gasteiger partial charge in [-0.2, -0.15) is 0 Å². The number of halogens is 2. The Kier molecular flexibility index (Phi) is 5.27. The van der Waals surface area contributed by atoms with E-state index in [-0.39, 0.29) is 0 Å². The van der Waals surface area contributed by atoms with Gasteiger partial charge in [-0.15, -0.1) is 0 Å². The fourth-order valence-electron chi connectivity index (χ4n) is 2.40. The van der Waals surface area contributed by atoms with Crippen molar-refractivity contribution in [2.45, 2.75) is 12.5 Å². The Morgan fingerprint density at radius 1 is 1.30 bits per heavy atom. The lowest BCUT2D eigenvalue weighted by Crippen LogP contribution is -2.52. The lowest BCUT2D eigenvalue weighted by molar-refractivity contribution is -0.144. The van der Waals surface area contributed by atoms with E-state index in [4.69, 9.17) is 23.2 Å². The molecule has 0 spiro atoms. The number of likely N-dealkylation sites (N-methyl/N-ethyl adjacent to an activating group) is 1. The normalized spacial score (nSPS) is 18.9. The summed E-state index contributed by atoms with van der Waals surface area (Å²) in [7, 11) is 2.04. The molecular formula is C14H18Cl2N2O2. The van der Waals surface area contributed by atoms with E-state index in [2.05, 4.69) is 4.90 Å². The van der Waals surface area contributed by atoms with Crippen LogP contribution in [0.4, 0.5) is 0 Å². The van der Waals surface area contributed by atoms with E-state index < -0.39 is 12.0 Å². The van der Waals surface area contributed by atoms with Crippen LogP contribution in [-0.2, 0) is 11.2 Å². The summed E-state index contributed by atoms with van der Waals surface area (Å²) in [5.74, 6) is -0.805. The molecule has 0 bridgehead atoms. The first-order chi connectivity index (χ1) is 9.47. The summed E-state index contributed by atoms with van der Waals surface area (Å²) in [6.07, 6.45) is 0.398. The molecule has 0 aromatic heterocycles. The Morgan fingerprint density at radius 3 is 2.50 bits per heavy atom. The highest BCUT2D eigenvalue weighted by atomic mass is 35.5. The Labute approximate surface area is 128 Å². The van der Waals surface area contributed by atoms with Crippen LogP contribution in [0.15, 0.2) is 18.2 Å². The van der Waals surface area contributed by atoms with E-state index in [1.54, 1.807) is 18.2 Å². The van der Waals surface area contributed by atoms with E-state index in [9.17, 15) is 9.90 Å². The van der Waals surface area contributed by atoms with E-state index in [0.717, 1.165) is 31.7 Å².